The molecule has 2 aromatic carbocycles. The van der Waals surface area contributed by atoms with Gasteiger partial charge in [0.25, 0.3) is 5.91 Å². The van der Waals surface area contributed by atoms with Gasteiger partial charge in [0, 0.05) is 11.6 Å². The zero-order chi connectivity index (χ0) is 20.0. The van der Waals surface area contributed by atoms with E-state index in [1.807, 2.05) is 0 Å². The van der Waals surface area contributed by atoms with Crippen molar-refractivity contribution in [2.75, 3.05) is 0 Å². The summed E-state index contributed by atoms with van der Waals surface area (Å²) >= 11 is 0. The van der Waals surface area contributed by atoms with Crippen LogP contribution in [0, 0.1) is 5.92 Å². The van der Waals surface area contributed by atoms with Gasteiger partial charge in [0.05, 0.1) is 10.6 Å². The summed E-state index contributed by atoms with van der Waals surface area (Å²) in [7, 11) is -3.43. The highest BCUT2D eigenvalue weighted by Crippen LogP contribution is 2.30. The van der Waals surface area contributed by atoms with Crippen LogP contribution in [0.25, 0.3) is 0 Å². The molecule has 0 aromatic heterocycles. The predicted octanol–water partition coefficient (Wildman–Crippen LogP) is 4.75. The van der Waals surface area contributed by atoms with E-state index >= 15 is 0 Å². The summed E-state index contributed by atoms with van der Waals surface area (Å²) in [5.41, 5.74) is 1.16. The Morgan fingerprint density at radius 1 is 1.07 bits per heavy atom. The number of carbonyl (C=O) groups is 1. The summed E-state index contributed by atoms with van der Waals surface area (Å²) in [6, 6.07) is 15.6. The smallest absolute Gasteiger partial charge is 0.251 e. The zero-order valence-corrected chi connectivity index (χ0v) is 17.3. The summed E-state index contributed by atoms with van der Waals surface area (Å²) in [5.74, 6) is 0.346. The molecule has 2 atom stereocenters. The quantitative estimate of drug-likeness (QED) is 0.697. The van der Waals surface area contributed by atoms with Crippen molar-refractivity contribution in [2.45, 2.75) is 62.1 Å². The average molecular weight is 400 g/mol. The summed E-state index contributed by atoms with van der Waals surface area (Å²) in [6.45, 7) is 2.19. The third-order valence-electron chi connectivity index (χ3n) is 5.55. The van der Waals surface area contributed by atoms with Gasteiger partial charge in [0.2, 0.25) is 0 Å². The van der Waals surface area contributed by atoms with Crippen molar-refractivity contribution in [1.82, 2.24) is 5.32 Å². The fourth-order valence-corrected chi connectivity index (χ4v) is 5.38. The number of unbranched alkanes of at least 4 members (excludes halogenated alkanes) is 1. The Morgan fingerprint density at radius 2 is 1.86 bits per heavy atom. The first-order valence-corrected chi connectivity index (χ1v) is 11.8. The van der Waals surface area contributed by atoms with E-state index in [-0.39, 0.29) is 17.7 Å². The lowest BCUT2D eigenvalue weighted by atomic mass is 9.96. The van der Waals surface area contributed by atoms with Crippen LogP contribution in [0.3, 0.4) is 0 Å². The molecule has 2 unspecified atom stereocenters. The molecule has 0 bridgehead atoms. The Bertz CT molecular complexity index is 893. The lowest BCUT2D eigenvalue weighted by molar-refractivity contribution is 0.0926. The third kappa shape index (κ3) is 5.22. The van der Waals surface area contributed by atoms with Gasteiger partial charge in [-0.3, -0.25) is 4.79 Å². The van der Waals surface area contributed by atoms with E-state index in [0.717, 1.165) is 19.3 Å². The molecule has 1 aliphatic carbocycles. The molecule has 0 radical (unpaired) electrons. The van der Waals surface area contributed by atoms with E-state index in [1.165, 1.54) is 19.3 Å². The Labute approximate surface area is 168 Å². The monoisotopic (exact) mass is 399 g/mol. The molecule has 0 spiro atoms. The molecular formula is C23H29NO3S. The fourth-order valence-electron chi connectivity index (χ4n) is 4.02. The third-order valence-corrected chi connectivity index (χ3v) is 7.26. The van der Waals surface area contributed by atoms with Gasteiger partial charge in [-0.15, -0.1) is 0 Å². The molecule has 0 aliphatic heterocycles. The van der Waals surface area contributed by atoms with Crippen LogP contribution in [0.2, 0.25) is 0 Å². The van der Waals surface area contributed by atoms with Gasteiger partial charge in [0.15, 0.2) is 9.84 Å². The number of sulfone groups is 1. The number of hydrogen-bond donors (Lipinski definition) is 1. The maximum Gasteiger partial charge on any atom is 0.251 e. The number of carbonyl (C=O) groups excluding carboxylic acids is 1. The normalized spacial score (nSPS) is 19.5. The second-order valence-corrected chi connectivity index (χ2v) is 9.68. The molecule has 3 rings (SSSR count). The highest BCUT2D eigenvalue weighted by molar-refractivity contribution is 7.90. The number of nitrogens with one attached hydrogen (secondary N) is 1. The van der Waals surface area contributed by atoms with Crippen molar-refractivity contribution in [1.29, 1.82) is 0 Å². The van der Waals surface area contributed by atoms with E-state index < -0.39 is 9.84 Å². The van der Waals surface area contributed by atoms with Gasteiger partial charge < -0.3 is 5.32 Å². The van der Waals surface area contributed by atoms with Gasteiger partial charge in [-0.2, -0.15) is 0 Å². The molecule has 1 N–H and O–H groups in total. The topological polar surface area (TPSA) is 63.2 Å². The van der Waals surface area contributed by atoms with Crippen LogP contribution in [0.4, 0.5) is 0 Å². The van der Waals surface area contributed by atoms with E-state index in [4.69, 9.17) is 0 Å². The Hall–Kier alpha value is -2.14. The summed E-state index contributed by atoms with van der Waals surface area (Å²) < 4.78 is 25.2. The second-order valence-electron chi connectivity index (χ2n) is 7.69. The molecule has 1 aliphatic rings. The molecule has 4 nitrogen and oxygen atoms in total. The standard InChI is InChI=1S/C23H29NO3S/c1-2-3-10-19-11-8-15-22(19)24-23(25)20-12-7-9-18(16-20)17-28(26,27)21-13-5-4-6-14-21/h4-7,9,12-14,16,19,22H,2-3,8,10-11,15,17H2,1H3,(H,24,25). The first-order chi connectivity index (χ1) is 13.5. The van der Waals surface area contributed by atoms with Crippen molar-refractivity contribution in [3.8, 4) is 0 Å². The van der Waals surface area contributed by atoms with Crippen LogP contribution < -0.4 is 5.32 Å². The fraction of sp³-hybridized carbons (Fsp3) is 0.435. The Balaban J connectivity index is 1.68. The first-order valence-electron chi connectivity index (χ1n) is 10.2. The second kappa shape index (κ2) is 9.37. The lowest BCUT2D eigenvalue weighted by Crippen LogP contribution is -2.37. The number of benzene rings is 2. The molecule has 1 saturated carbocycles. The summed E-state index contributed by atoms with van der Waals surface area (Å²) in [5, 5.41) is 3.19. The van der Waals surface area contributed by atoms with E-state index in [2.05, 4.69) is 12.2 Å². The van der Waals surface area contributed by atoms with Gasteiger partial charge >= 0.3 is 0 Å². The highest BCUT2D eigenvalue weighted by atomic mass is 32.2. The Kier molecular flexibility index (Phi) is 6.89. The lowest BCUT2D eigenvalue weighted by Gasteiger charge is -2.21. The van der Waals surface area contributed by atoms with Gasteiger partial charge in [0.1, 0.15) is 0 Å². The average Bonchev–Trinajstić information content (AvgIpc) is 3.13. The van der Waals surface area contributed by atoms with E-state index in [1.54, 1.807) is 54.6 Å². The van der Waals surface area contributed by atoms with E-state index in [9.17, 15) is 13.2 Å². The molecule has 0 saturated heterocycles. The zero-order valence-electron chi connectivity index (χ0n) is 16.4. The highest BCUT2D eigenvalue weighted by Gasteiger charge is 2.28. The first kappa shape index (κ1) is 20.6. The van der Waals surface area contributed by atoms with Crippen molar-refractivity contribution < 1.29 is 13.2 Å². The van der Waals surface area contributed by atoms with Crippen LogP contribution in [0.1, 0.15) is 61.4 Å². The number of hydrogen-bond acceptors (Lipinski definition) is 3. The minimum Gasteiger partial charge on any atom is -0.349 e. The number of amides is 1. The Morgan fingerprint density at radius 3 is 2.61 bits per heavy atom. The molecular weight excluding hydrogens is 370 g/mol. The van der Waals surface area contributed by atoms with Crippen LogP contribution in [0.5, 0.6) is 0 Å². The van der Waals surface area contributed by atoms with E-state index in [0.29, 0.717) is 21.9 Å². The SMILES string of the molecule is CCCCC1CCCC1NC(=O)c1cccc(CS(=O)(=O)c2ccccc2)c1. The van der Waals surface area contributed by atoms with Crippen molar-refractivity contribution in [3.05, 3.63) is 65.7 Å². The minimum atomic E-state index is -3.43. The minimum absolute atomic E-state index is 0.104. The molecule has 28 heavy (non-hydrogen) atoms. The van der Waals surface area contributed by atoms with Crippen LogP contribution >= 0.6 is 0 Å². The molecule has 150 valence electrons. The maximum absolute atomic E-state index is 12.7. The van der Waals surface area contributed by atoms with Crippen LogP contribution in [-0.2, 0) is 15.6 Å². The van der Waals surface area contributed by atoms with Gasteiger partial charge in [-0.1, -0.05) is 56.5 Å². The van der Waals surface area contributed by atoms with Crippen molar-refractivity contribution in [2.24, 2.45) is 5.92 Å². The molecule has 1 amide bonds. The van der Waals surface area contributed by atoms with Gasteiger partial charge in [-0.25, -0.2) is 8.42 Å². The van der Waals surface area contributed by atoms with Crippen molar-refractivity contribution in [3.63, 3.8) is 0 Å². The predicted molar refractivity (Wildman–Crippen MR) is 112 cm³/mol. The molecule has 2 aromatic rings. The molecule has 0 heterocycles. The number of rotatable bonds is 8. The van der Waals surface area contributed by atoms with Crippen LogP contribution in [0.15, 0.2) is 59.5 Å². The summed E-state index contributed by atoms with van der Waals surface area (Å²) in [6.07, 6.45) is 6.91. The van der Waals surface area contributed by atoms with Gasteiger partial charge in [-0.05, 0) is 55.0 Å². The summed E-state index contributed by atoms with van der Waals surface area (Å²) in [4.78, 5) is 13.0. The van der Waals surface area contributed by atoms with Crippen LogP contribution in [-0.4, -0.2) is 20.4 Å². The molecule has 5 heteroatoms. The maximum atomic E-state index is 12.7. The largest absolute Gasteiger partial charge is 0.349 e. The van der Waals surface area contributed by atoms with Crippen molar-refractivity contribution >= 4 is 15.7 Å². The molecule has 1 fully saturated rings.